The molecule has 0 amide bonds. The molecule has 0 spiro atoms. The van der Waals surface area contributed by atoms with Crippen LogP contribution in [0.25, 0.3) is 10.9 Å². The normalized spacial score (nSPS) is 11.0. The Hall–Kier alpha value is -2.12. The summed E-state index contributed by atoms with van der Waals surface area (Å²) in [5.41, 5.74) is -0.00776. The van der Waals surface area contributed by atoms with E-state index in [1.54, 1.807) is 0 Å². The van der Waals surface area contributed by atoms with Gasteiger partial charge in [-0.2, -0.15) is 8.78 Å². The van der Waals surface area contributed by atoms with E-state index in [2.05, 4.69) is 19.7 Å². The molecule has 0 fully saturated rings. The van der Waals surface area contributed by atoms with Gasteiger partial charge in [0.05, 0.1) is 11.7 Å². The summed E-state index contributed by atoms with van der Waals surface area (Å²) in [6.07, 6.45) is 1.99. The molecule has 0 saturated carbocycles. The van der Waals surface area contributed by atoms with Crippen LogP contribution in [0.1, 0.15) is 0 Å². The van der Waals surface area contributed by atoms with Crippen LogP contribution in [0.4, 0.5) is 13.2 Å². The third kappa shape index (κ3) is 1.69. The minimum Gasteiger partial charge on any atom is -0.493 e. The summed E-state index contributed by atoms with van der Waals surface area (Å²) in [6.45, 7) is -3.20. The predicted molar refractivity (Wildman–Crippen MR) is 45.6 cm³/mol. The van der Waals surface area contributed by atoms with Crippen LogP contribution in [-0.4, -0.2) is 26.7 Å². The van der Waals surface area contributed by atoms with Gasteiger partial charge in [0.2, 0.25) is 5.88 Å². The van der Waals surface area contributed by atoms with Crippen LogP contribution in [0.2, 0.25) is 0 Å². The summed E-state index contributed by atoms with van der Waals surface area (Å²) in [5, 5.41) is 8.84. The lowest BCUT2D eigenvalue weighted by Gasteiger charge is -2.06. The van der Waals surface area contributed by atoms with E-state index in [4.69, 9.17) is 0 Å². The van der Waals surface area contributed by atoms with E-state index in [0.29, 0.717) is 0 Å². The number of nitrogens with zero attached hydrogens (tertiary/aromatic N) is 3. The van der Waals surface area contributed by atoms with Crippen molar-refractivity contribution in [2.24, 2.45) is 0 Å². The van der Waals surface area contributed by atoms with Crippen LogP contribution in [0, 0.1) is 5.82 Å². The zero-order valence-electron chi connectivity index (χ0n) is 7.56. The van der Waals surface area contributed by atoms with Gasteiger partial charge in [0.1, 0.15) is 11.7 Å². The van der Waals surface area contributed by atoms with E-state index in [-0.39, 0.29) is 5.52 Å². The number of pyridine rings is 1. The number of rotatable bonds is 2. The maximum Gasteiger partial charge on any atom is 0.388 e. The Morgan fingerprint density at radius 3 is 2.69 bits per heavy atom. The van der Waals surface area contributed by atoms with Gasteiger partial charge in [-0.1, -0.05) is 0 Å². The molecule has 8 heteroatoms. The summed E-state index contributed by atoms with van der Waals surface area (Å²) in [4.78, 5) is 10.2. The molecule has 2 heterocycles. The summed E-state index contributed by atoms with van der Waals surface area (Å²) < 4.78 is 41.1. The van der Waals surface area contributed by atoms with E-state index in [0.717, 1.165) is 12.5 Å². The zero-order chi connectivity index (χ0) is 11.7. The standard InChI is InChI=1S/C8H4F3N3O2/c9-5-4-3(13-2-14-6(4)15)1-12-7(5)16-8(10)11/h1-2,8H,(H,13,14,15). The van der Waals surface area contributed by atoms with Crippen LogP contribution >= 0.6 is 0 Å². The van der Waals surface area contributed by atoms with Crippen LogP contribution < -0.4 is 4.74 Å². The average Bonchev–Trinajstić information content (AvgIpc) is 2.22. The van der Waals surface area contributed by atoms with Crippen molar-refractivity contribution in [1.29, 1.82) is 0 Å². The van der Waals surface area contributed by atoms with Crippen molar-refractivity contribution < 1.29 is 23.0 Å². The Balaban J connectivity index is 2.64. The highest BCUT2D eigenvalue weighted by molar-refractivity contribution is 5.83. The molecule has 0 aliphatic rings. The maximum atomic E-state index is 13.5. The van der Waals surface area contributed by atoms with Crippen LogP contribution in [0.3, 0.4) is 0 Å². The second kappa shape index (κ2) is 3.80. The first-order chi connectivity index (χ1) is 7.59. The molecule has 16 heavy (non-hydrogen) atoms. The lowest BCUT2D eigenvalue weighted by Crippen LogP contribution is -2.06. The molecule has 0 aliphatic carbocycles. The van der Waals surface area contributed by atoms with Gasteiger partial charge >= 0.3 is 6.61 Å². The number of ether oxygens (including phenoxy) is 1. The number of aromatic hydroxyl groups is 1. The molecule has 5 nitrogen and oxygen atoms in total. The van der Waals surface area contributed by atoms with Crippen LogP contribution in [0.5, 0.6) is 11.8 Å². The molecule has 2 aromatic heterocycles. The second-order valence-electron chi connectivity index (χ2n) is 2.71. The molecular weight excluding hydrogens is 227 g/mol. The Bertz CT molecular complexity index is 535. The van der Waals surface area contributed by atoms with Crippen molar-refractivity contribution in [3.05, 3.63) is 18.3 Å². The molecular formula is C8H4F3N3O2. The number of alkyl halides is 2. The largest absolute Gasteiger partial charge is 0.493 e. The highest BCUT2D eigenvalue weighted by atomic mass is 19.3. The highest BCUT2D eigenvalue weighted by Gasteiger charge is 2.17. The number of halogens is 3. The zero-order valence-corrected chi connectivity index (χ0v) is 7.56. The van der Waals surface area contributed by atoms with Gasteiger partial charge < -0.3 is 9.84 Å². The minimum absolute atomic E-state index is 0.00776. The van der Waals surface area contributed by atoms with E-state index >= 15 is 0 Å². The molecule has 0 unspecified atom stereocenters. The van der Waals surface area contributed by atoms with Crippen molar-refractivity contribution in [2.75, 3.05) is 0 Å². The van der Waals surface area contributed by atoms with Gasteiger partial charge in [-0.15, -0.1) is 0 Å². The van der Waals surface area contributed by atoms with Crippen molar-refractivity contribution >= 4 is 10.9 Å². The molecule has 2 aromatic rings. The lowest BCUT2D eigenvalue weighted by molar-refractivity contribution is -0.0551. The molecule has 0 atom stereocenters. The monoisotopic (exact) mass is 231 g/mol. The highest BCUT2D eigenvalue weighted by Crippen LogP contribution is 2.28. The SMILES string of the molecule is Oc1ncnc2cnc(OC(F)F)c(F)c12. The first-order valence-corrected chi connectivity index (χ1v) is 4.02. The Kier molecular flexibility index (Phi) is 2.47. The van der Waals surface area contributed by atoms with Gasteiger partial charge in [0.15, 0.2) is 5.82 Å². The topological polar surface area (TPSA) is 68.1 Å². The van der Waals surface area contributed by atoms with Crippen molar-refractivity contribution in [3.63, 3.8) is 0 Å². The fourth-order valence-corrected chi connectivity index (χ4v) is 1.15. The molecule has 0 aliphatic heterocycles. The van der Waals surface area contributed by atoms with Gasteiger partial charge in [0.25, 0.3) is 5.88 Å². The Morgan fingerprint density at radius 1 is 1.25 bits per heavy atom. The second-order valence-corrected chi connectivity index (χ2v) is 2.71. The molecule has 0 saturated heterocycles. The maximum absolute atomic E-state index is 13.5. The van der Waals surface area contributed by atoms with Gasteiger partial charge in [-0.05, 0) is 0 Å². The van der Waals surface area contributed by atoms with Gasteiger partial charge in [-0.3, -0.25) is 0 Å². The summed E-state index contributed by atoms with van der Waals surface area (Å²) in [6, 6.07) is 0. The Labute approximate surface area is 86.5 Å². The number of fused-ring (bicyclic) bond motifs is 1. The third-order valence-electron chi connectivity index (χ3n) is 1.77. The van der Waals surface area contributed by atoms with E-state index in [9.17, 15) is 18.3 Å². The smallest absolute Gasteiger partial charge is 0.388 e. The molecule has 84 valence electrons. The van der Waals surface area contributed by atoms with E-state index in [1.807, 2.05) is 0 Å². The first kappa shape index (κ1) is 10.4. The van der Waals surface area contributed by atoms with E-state index in [1.165, 1.54) is 0 Å². The molecule has 0 bridgehead atoms. The lowest BCUT2D eigenvalue weighted by atomic mass is 10.3. The average molecular weight is 231 g/mol. The fourth-order valence-electron chi connectivity index (χ4n) is 1.15. The summed E-state index contributed by atoms with van der Waals surface area (Å²) in [7, 11) is 0. The Morgan fingerprint density at radius 2 is 2.00 bits per heavy atom. The number of aromatic nitrogens is 3. The van der Waals surface area contributed by atoms with E-state index < -0.39 is 29.6 Å². The van der Waals surface area contributed by atoms with Crippen LogP contribution in [0.15, 0.2) is 12.5 Å². The van der Waals surface area contributed by atoms with Crippen molar-refractivity contribution in [3.8, 4) is 11.8 Å². The number of hydrogen-bond acceptors (Lipinski definition) is 5. The molecule has 0 aromatic carbocycles. The summed E-state index contributed by atoms with van der Waals surface area (Å²) in [5.74, 6) is -2.80. The molecule has 2 rings (SSSR count). The van der Waals surface area contributed by atoms with Crippen molar-refractivity contribution in [2.45, 2.75) is 6.61 Å². The quantitative estimate of drug-likeness (QED) is 0.847. The third-order valence-corrected chi connectivity index (χ3v) is 1.77. The van der Waals surface area contributed by atoms with Gasteiger partial charge in [-0.25, -0.2) is 19.3 Å². The fraction of sp³-hybridized carbons (Fsp3) is 0.125. The summed E-state index contributed by atoms with van der Waals surface area (Å²) >= 11 is 0. The predicted octanol–water partition coefficient (Wildman–Crippen LogP) is 1.47. The molecule has 0 radical (unpaired) electrons. The number of hydrogen-bond donors (Lipinski definition) is 1. The molecule has 1 N–H and O–H groups in total. The van der Waals surface area contributed by atoms with Crippen molar-refractivity contribution in [1.82, 2.24) is 15.0 Å². The van der Waals surface area contributed by atoms with Gasteiger partial charge in [0, 0.05) is 0 Å². The first-order valence-electron chi connectivity index (χ1n) is 4.02. The minimum atomic E-state index is -3.20. The van der Waals surface area contributed by atoms with Crippen LogP contribution in [-0.2, 0) is 0 Å².